The molecule has 0 aliphatic carbocycles. The van der Waals surface area contributed by atoms with E-state index in [9.17, 15) is 4.79 Å². The Morgan fingerprint density at radius 2 is 2.15 bits per heavy atom. The van der Waals surface area contributed by atoms with Crippen molar-refractivity contribution in [2.45, 2.75) is 13.8 Å². The Morgan fingerprint density at radius 3 is 2.75 bits per heavy atom. The Balaban J connectivity index is 3.29. The zero-order valence-electron chi connectivity index (χ0n) is 11.0. The van der Waals surface area contributed by atoms with Crippen molar-refractivity contribution in [1.29, 1.82) is 0 Å². The first kappa shape index (κ1) is 16.1. The van der Waals surface area contributed by atoms with Crippen LogP contribution in [0, 0.1) is 6.92 Å². The number of carbonyl (C=O) groups is 1. The molecule has 0 heterocycles. The Morgan fingerprint density at radius 1 is 1.40 bits per heavy atom. The number of isothiocyanates is 2. The van der Waals surface area contributed by atoms with Crippen molar-refractivity contribution in [2.75, 3.05) is 6.61 Å². The van der Waals surface area contributed by atoms with E-state index in [1.54, 1.807) is 25.1 Å². The third kappa shape index (κ3) is 4.61. The second kappa shape index (κ2) is 8.25. The fourth-order valence-electron chi connectivity index (χ4n) is 1.44. The predicted octanol–water partition coefficient (Wildman–Crippen LogP) is 3.74. The van der Waals surface area contributed by atoms with E-state index in [2.05, 4.69) is 44.7 Å². The van der Waals surface area contributed by atoms with Crippen LogP contribution in [0.4, 0.5) is 5.69 Å². The number of aliphatic imine (C=N–C) groups is 2. The highest BCUT2D eigenvalue weighted by atomic mass is 32.1. The molecule has 102 valence electrons. The van der Waals surface area contributed by atoms with Gasteiger partial charge in [-0.25, -0.2) is 4.79 Å². The molecule has 0 atom stereocenters. The fraction of sp³-hybridized carbons (Fsp3) is 0.214. The number of hydrogen-bond donors (Lipinski definition) is 0. The van der Waals surface area contributed by atoms with E-state index >= 15 is 0 Å². The van der Waals surface area contributed by atoms with E-state index in [4.69, 9.17) is 4.74 Å². The van der Waals surface area contributed by atoms with Gasteiger partial charge in [0.2, 0.25) is 0 Å². The summed E-state index contributed by atoms with van der Waals surface area (Å²) in [4.78, 5) is 19.4. The summed E-state index contributed by atoms with van der Waals surface area (Å²) in [5.41, 5.74) is 2.46. The van der Waals surface area contributed by atoms with Crippen LogP contribution in [0.3, 0.4) is 0 Å². The molecule has 0 fully saturated rings. The standard InChI is InChI=1S/C14H12N2O2S2/c1-3-18-14(17)13(16-9-20)7-11-6-12(15-8-19)5-4-10(11)2/h4-7H,3H2,1-2H3/b13-7-. The summed E-state index contributed by atoms with van der Waals surface area (Å²) < 4.78 is 4.91. The number of aryl methyl sites for hydroxylation is 1. The van der Waals surface area contributed by atoms with Crippen molar-refractivity contribution in [3.8, 4) is 0 Å². The van der Waals surface area contributed by atoms with Crippen LogP contribution in [0.2, 0.25) is 0 Å². The monoisotopic (exact) mass is 304 g/mol. The number of esters is 1. The summed E-state index contributed by atoms with van der Waals surface area (Å²) in [6, 6.07) is 5.44. The normalized spacial score (nSPS) is 10.2. The lowest BCUT2D eigenvalue weighted by molar-refractivity contribution is -0.138. The van der Waals surface area contributed by atoms with Gasteiger partial charge in [-0.1, -0.05) is 6.07 Å². The molecule has 0 aliphatic heterocycles. The van der Waals surface area contributed by atoms with Gasteiger partial charge in [-0.15, -0.1) is 0 Å². The Hall–Kier alpha value is -1.97. The maximum atomic E-state index is 11.7. The molecule has 0 saturated heterocycles. The molecule has 4 nitrogen and oxygen atoms in total. The molecule has 20 heavy (non-hydrogen) atoms. The SMILES string of the molecule is CCOC(=O)/C(=C/c1cc(N=C=S)ccc1C)N=C=S. The molecule has 0 unspecified atom stereocenters. The topological polar surface area (TPSA) is 51.0 Å². The molecule has 0 saturated carbocycles. The maximum Gasteiger partial charge on any atom is 0.357 e. The average Bonchev–Trinajstić information content (AvgIpc) is 2.42. The number of carbonyl (C=O) groups excluding carboxylic acids is 1. The highest BCUT2D eigenvalue weighted by Gasteiger charge is 2.10. The van der Waals surface area contributed by atoms with Crippen LogP contribution < -0.4 is 0 Å². The van der Waals surface area contributed by atoms with Gasteiger partial charge in [-0.3, -0.25) is 0 Å². The van der Waals surface area contributed by atoms with Gasteiger partial charge in [0.15, 0.2) is 5.70 Å². The largest absolute Gasteiger partial charge is 0.461 e. The second-order valence-electron chi connectivity index (χ2n) is 3.70. The third-order valence-corrected chi connectivity index (χ3v) is 2.56. The Labute approximate surface area is 127 Å². The van der Waals surface area contributed by atoms with Gasteiger partial charge in [-0.2, -0.15) is 9.98 Å². The van der Waals surface area contributed by atoms with Gasteiger partial charge in [0.25, 0.3) is 0 Å². The Kier molecular flexibility index (Phi) is 6.64. The molecule has 1 aromatic rings. The van der Waals surface area contributed by atoms with Gasteiger partial charge in [0.05, 0.1) is 22.6 Å². The van der Waals surface area contributed by atoms with Gasteiger partial charge in [-0.05, 0) is 67.6 Å². The smallest absolute Gasteiger partial charge is 0.357 e. The van der Waals surface area contributed by atoms with Gasteiger partial charge in [0.1, 0.15) is 0 Å². The summed E-state index contributed by atoms with van der Waals surface area (Å²) in [5.74, 6) is -0.548. The minimum Gasteiger partial charge on any atom is -0.461 e. The van der Waals surface area contributed by atoms with Gasteiger partial charge >= 0.3 is 5.97 Å². The van der Waals surface area contributed by atoms with Crippen molar-refractivity contribution in [1.82, 2.24) is 0 Å². The minimum atomic E-state index is -0.548. The number of thiocarbonyl (C=S) groups is 2. The number of ether oxygens (including phenoxy) is 1. The van der Waals surface area contributed by atoms with Gasteiger partial charge in [0, 0.05) is 0 Å². The quantitative estimate of drug-likeness (QED) is 0.360. The van der Waals surface area contributed by atoms with E-state index in [1.165, 1.54) is 0 Å². The van der Waals surface area contributed by atoms with Crippen LogP contribution in [0.25, 0.3) is 6.08 Å². The fourth-order valence-corrected chi connectivity index (χ4v) is 1.65. The van der Waals surface area contributed by atoms with Crippen molar-refractivity contribution in [3.63, 3.8) is 0 Å². The number of benzene rings is 1. The van der Waals surface area contributed by atoms with Crippen molar-refractivity contribution >= 4 is 52.5 Å². The molecule has 0 N–H and O–H groups in total. The zero-order valence-corrected chi connectivity index (χ0v) is 12.7. The van der Waals surface area contributed by atoms with Gasteiger partial charge < -0.3 is 4.74 Å². The second-order valence-corrected chi connectivity index (χ2v) is 4.06. The van der Waals surface area contributed by atoms with E-state index in [-0.39, 0.29) is 12.3 Å². The lowest BCUT2D eigenvalue weighted by Gasteiger charge is -2.04. The van der Waals surface area contributed by atoms with Crippen LogP contribution in [0.15, 0.2) is 33.9 Å². The number of nitrogens with zero attached hydrogens (tertiary/aromatic N) is 2. The van der Waals surface area contributed by atoms with E-state index in [0.717, 1.165) is 11.1 Å². The molecule has 0 amide bonds. The van der Waals surface area contributed by atoms with Crippen LogP contribution in [0.1, 0.15) is 18.1 Å². The first-order chi connectivity index (χ1) is 9.62. The van der Waals surface area contributed by atoms with Crippen molar-refractivity contribution in [2.24, 2.45) is 9.98 Å². The van der Waals surface area contributed by atoms with E-state index < -0.39 is 5.97 Å². The Bertz CT molecular complexity index is 641. The lowest BCUT2D eigenvalue weighted by Crippen LogP contribution is -2.06. The van der Waals surface area contributed by atoms with E-state index in [1.807, 2.05) is 13.0 Å². The highest BCUT2D eigenvalue weighted by molar-refractivity contribution is 7.78. The number of rotatable bonds is 5. The predicted molar refractivity (Wildman–Crippen MR) is 85.5 cm³/mol. The van der Waals surface area contributed by atoms with Crippen molar-refractivity contribution in [3.05, 3.63) is 35.0 Å². The summed E-state index contributed by atoms with van der Waals surface area (Å²) in [6.45, 7) is 3.88. The molecule has 0 spiro atoms. The van der Waals surface area contributed by atoms with Crippen LogP contribution in [-0.2, 0) is 9.53 Å². The summed E-state index contributed by atoms with van der Waals surface area (Å²) >= 11 is 9.11. The number of hydrogen-bond acceptors (Lipinski definition) is 6. The summed E-state index contributed by atoms with van der Waals surface area (Å²) in [6.07, 6.45) is 1.58. The van der Waals surface area contributed by atoms with Crippen LogP contribution >= 0.6 is 24.4 Å². The maximum absolute atomic E-state index is 11.7. The average molecular weight is 304 g/mol. The molecule has 0 aromatic heterocycles. The first-order valence-corrected chi connectivity index (χ1v) is 6.59. The lowest BCUT2D eigenvalue weighted by atomic mass is 10.1. The molecular formula is C14H12N2O2S2. The minimum absolute atomic E-state index is 0.0911. The molecule has 1 aromatic carbocycles. The summed E-state index contributed by atoms with van der Waals surface area (Å²) in [5, 5.41) is 4.47. The van der Waals surface area contributed by atoms with Crippen molar-refractivity contribution < 1.29 is 9.53 Å². The molecular weight excluding hydrogens is 292 g/mol. The van der Waals surface area contributed by atoms with Crippen LogP contribution in [0.5, 0.6) is 0 Å². The zero-order chi connectivity index (χ0) is 15.0. The highest BCUT2D eigenvalue weighted by Crippen LogP contribution is 2.20. The molecule has 1 rings (SSSR count). The molecule has 0 aliphatic rings. The molecule has 0 bridgehead atoms. The van der Waals surface area contributed by atoms with E-state index in [0.29, 0.717) is 5.69 Å². The van der Waals surface area contributed by atoms with Crippen LogP contribution in [-0.4, -0.2) is 22.9 Å². The third-order valence-electron chi connectivity index (χ3n) is 2.38. The molecule has 0 radical (unpaired) electrons. The summed E-state index contributed by atoms with van der Waals surface area (Å²) in [7, 11) is 0. The first-order valence-electron chi connectivity index (χ1n) is 5.77. The molecule has 6 heteroatoms.